The van der Waals surface area contributed by atoms with Crippen LogP contribution in [0, 0.1) is 13.8 Å². The van der Waals surface area contributed by atoms with Gasteiger partial charge in [-0.25, -0.2) is 9.78 Å². The summed E-state index contributed by atoms with van der Waals surface area (Å²) in [4.78, 5) is 31.5. The van der Waals surface area contributed by atoms with Crippen molar-refractivity contribution >= 4 is 11.9 Å². The first-order valence-electron chi connectivity index (χ1n) is 8.63. The Morgan fingerprint density at radius 2 is 1.88 bits per heavy atom. The summed E-state index contributed by atoms with van der Waals surface area (Å²) in [5, 5.41) is 2.90. The average molecular weight is 341 g/mol. The molecule has 132 valence electrons. The summed E-state index contributed by atoms with van der Waals surface area (Å²) in [5.74, 6) is 0.0317. The van der Waals surface area contributed by atoms with Gasteiger partial charge in [-0.2, -0.15) is 0 Å². The molecule has 0 bridgehead atoms. The first-order valence-corrected chi connectivity index (χ1v) is 8.63. The fraction of sp³-hybridized carbons (Fsp3) is 0.421. The maximum absolute atomic E-state index is 12.1. The number of carbonyl (C=O) groups excluding carboxylic acids is 2. The number of hydrogen-bond acceptors (Lipinski definition) is 4. The first kappa shape index (κ1) is 17.2. The van der Waals surface area contributed by atoms with Gasteiger partial charge in [-0.15, -0.1) is 0 Å². The molecule has 6 heteroatoms. The van der Waals surface area contributed by atoms with Crippen LogP contribution >= 0.6 is 0 Å². The number of carbonyl (C=O) groups is 2. The molecule has 1 saturated carbocycles. The second-order valence-corrected chi connectivity index (χ2v) is 6.50. The van der Waals surface area contributed by atoms with Crippen LogP contribution in [-0.2, 0) is 9.53 Å². The molecule has 0 radical (unpaired) electrons. The maximum atomic E-state index is 12.1. The van der Waals surface area contributed by atoms with Gasteiger partial charge in [0, 0.05) is 17.3 Å². The van der Waals surface area contributed by atoms with E-state index in [1.807, 2.05) is 26.0 Å². The molecule has 1 amide bonds. The summed E-state index contributed by atoms with van der Waals surface area (Å²) in [5.41, 5.74) is 3.28. The number of rotatable bonds is 5. The zero-order chi connectivity index (χ0) is 17.8. The average Bonchev–Trinajstić information content (AvgIpc) is 3.23. The van der Waals surface area contributed by atoms with Crippen LogP contribution in [0.15, 0.2) is 24.3 Å². The summed E-state index contributed by atoms with van der Waals surface area (Å²) >= 11 is 0. The third-order valence-corrected chi connectivity index (χ3v) is 4.58. The molecule has 25 heavy (non-hydrogen) atoms. The number of esters is 1. The standard InChI is InChI=1S/C19H23N3O3/c1-12-13(2)21-18(20-12)14-7-9-15(10-8-14)19(24)25-11-17(23)22-16-5-3-4-6-16/h7-10,16H,3-6,11H2,1-2H3,(H,20,21)(H,22,23). The lowest BCUT2D eigenvalue weighted by atomic mass is 10.1. The normalized spacial score (nSPS) is 14.5. The number of nitrogens with one attached hydrogen (secondary N) is 2. The van der Waals surface area contributed by atoms with E-state index in [-0.39, 0.29) is 18.6 Å². The van der Waals surface area contributed by atoms with Gasteiger partial charge >= 0.3 is 5.97 Å². The lowest BCUT2D eigenvalue weighted by Gasteiger charge is -2.12. The van der Waals surface area contributed by atoms with Crippen LogP contribution in [0.1, 0.15) is 47.4 Å². The molecule has 2 aromatic rings. The van der Waals surface area contributed by atoms with Gasteiger partial charge in [0.1, 0.15) is 5.82 Å². The highest BCUT2D eigenvalue weighted by molar-refractivity contribution is 5.91. The molecule has 0 saturated heterocycles. The zero-order valence-electron chi connectivity index (χ0n) is 14.6. The van der Waals surface area contributed by atoms with Gasteiger partial charge in [-0.1, -0.05) is 25.0 Å². The number of benzene rings is 1. The predicted molar refractivity (Wildman–Crippen MR) is 94.2 cm³/mol. The number of imidazole rings is 1. The molecular formula is C19H23N3O3. The molecule has 0 aliphatic heterocycles. The Hall–Kier alpha value is -2.63. The van der Waals surface area contributed by atoms with Crippen molar-refractivity contribution in [2.45, 2.75) is 45.6 Å². The van der Waals surface area contributed by atoms with E-state index in [4.69, 9.17) is 4.74 Å². The molecule has 1 heterocycles. The van der Waals surface area contributed by atoms with Gasteiger partial charge in [-0.3, -0.25) is 4.79 Å². The van der Waals surface area contributed by atoms with Crippen molar-refractivity contribution in [2.24, 2.45) is 0 Å². The van der Waals surface area contributed by atoms with Gasteiger partial charge < -0.3 is 15.0 Å². The number of aryl methyl sites for hydroxylation is 2. The quantitative estimate of drug-likeness (QED) is 0.819. The number of amides is 1. The van der Waals surface area contributed by atoms with E-state index >= 15 is 0 Å². The van der Waals surface area contributed by atoms with E-state index in [0.717, 1.165) is 48.5 Å². The van der Waals surface area contributed by atoms with Gasteiger partial charge in [0.25, 0.3) is 5.91 Å². The minimum atomic E-state index is -0.500. The molecule has 1 fully saturated rings. The molecular weight excluding hydrogens is 318 g/mol. The fourth-order valence-electron chi connectivity index (χ4n) is 3.00. The van der Waals surface area contributed by atoms with Crippen molar-refractivity contribution in [3.63, 3.8) is 0 Å². The molecule has 1 aliphatic carbocycles. The topological polar surface area (TPSA) is 84.1 Å². The van der Waals surface area contributed by atoms with Gasteiger partial charge in [0.15, 0.2) is 6.61 Å². The summed E-state index contributed by atoms with van der Waals surface area (Å²) in [6, 6.07) is 7.21. The van der Waals surface area contributed by atoms with Crippen molar-refractivity contribution < 1.29 is 14.3 Å². The number of H-pyrrole nitrogens is 1. The van der Waals surface area contributed by atoms with Crippen LogP contribution in [-0.4, -0.2) is 34.5 Å². The van der Waals surface area contributed by atoms with Gasteiger partial charge in [0.05, 0.1) is 11.3 Å². The molecule has 2 N–H and O–H groups in total. The van der Waals surface area contributed by atoms with E-state index < -0.39 is 5.97 Å². The largest absolute Gasteiger partial charge is 0.452 e. The molecule has 1 aromatic carbocycles. The highest BCUT2D eigenvalue weighted by atomic mass is 16.5. The molecule has 0 spiro atoms. The van der Waals surface area contributed by atoms with Crippen molar-refractivity contribution in [1.29, 1.82) is 0 Å². The molecule has 6 nitrogen and oxygen atoms in total. The van der Waals surface area contributed by atoms with Crippen LogP contribution in [0.3, 0.4) is 0 Å². The Bertz CT molecular complexity index is 739. The van der Waals surface area contributed by atoms with Crippen LogP contribution in [0.5, 0.6) is 0 Å². The van der Waals surface area contributed by atoms with E-state index in [2.05, 4.69) is 15.3 Å². The molecule has 3 rings (SSSR count). The number of aromatic nitrogens is 2. The van der Waals surface area contributed by atoms with Crippen LogP contribution in [0.2, 0.25) is 0 Å². The third kappa shape index (κ3) is 4.26. The molecule has 1 aliphatic rings. The van der Waals surface area contributed by atoms with E-state index in [1.54, 1.807) is 12.1 Å². The number of hydrogen-bond donors (Lipinski definition) is 2. The Morgan fingerprint density at radius 1 is 1.20 bits per heavy atom. The van der Waals surface area contributed by atoms with Crippen molar-refractivity contribution in [1.82, 2.24) is 15.3 Å². The second-order valence-electron chi connectivity index (χ2n) is 6.50. The predicted octanol–water partition coefficient (Wildman–Crippen LogP) is 2.91. The van der Waals surface area contributed by atoms with Crippen molar-refractivity contribution in [3.8, 4) is 11.4 Å². The number of ether oxygens (including phenoxy) is 1. The minimum absolute atomic E-state index is 0.227. The molecule has 0 unspecified atom stereocenters. The van der Waals surface area contributed by atoms with Crippen LogP contribution < -0.4 is 5.32 Å². The van der Waals surface area contributed by atoms with E-state index in [0.29, 0.717) is 5.56 Å². The third-order valence-electron chi connectivity index (χ3n) is 4.58. The minimum Gasteiger partial charge on any atom is -0.452 e. The maximum Gasteiger partial charge on any atom is 0.338 e. The lowest BCUT2D eigenvalue weighted by molar-refractivity contribution is -0.124. The first-order chi connectivity index (χ1) is 12.0. The fourth-order valence-corrected chi connectivity index (χ4v) is 3.00. The summed E-state index contributed by atoms with van der Waals surface area (Å²) in [7, 11) is 0. The lowest BCUT2D eigenvalue weighted by Crippen LogP contribution is -2.35. The zero-order valence-corrected chi connectivity index (χ0v) is 14.6. The summed E-state index contributed by atoms with van der Waals surface area (Å²) in [6.45, 7) is 3.67. The van der Waals surface area contributed by atoms with Gasteiger partial charge in [-0.05, 0) is 38.8 Å². The second kappa shape index (κ2) is 7.51. The van der Waals surface area contributed by atoms with E-state index in [1.165, 1.54) is 0 Å². The monoisotopic (exact) mass is 341 g/mol. The van der Waals surface area contributed by atoms with Crippen LogP contribution in [0.4, 0.5) is 0 Å². The summed E-state index contributed by atoms with van der Waals surface area (Å²) in [6.07, 6.45) is 4.30. The SMILES string of the molecule is Cc1nc(-c2ccc(C(=O)OCC(=O)NC3CCCC3)cc2)[nH]c1C. The van der Waals surface area contributed by atoms with Gasteiger partial charge in [0.2, 0.25) is 0 Å². The Balaban J connectivity index is 1.54. The highest BCUT2D eigenvalue weighted by Crippen LogP contribution is 2.19. The molecule has 1 aromatic heterocycles. The smallest absolute Gasteiger partial charge is 0.338 e. The van der Waals surface area contributed by atoms with Crippen molar-refractivity contribution in [3.05, 3.63) is 41.2 Å². The Labute approximate surface area is 147 Å². The van der Waals surface area contributed by atoms with Crippen LogP contribution in [0.25, 0.3) is 11.4 Å². The Kier molecular flexibility index (Phi) is 5.16. The number of aromatic amines is 1. The Morgan fingerprint density at radius 3 is 2.48 bits per heavy atom. The van der Waals surface area contributed by atoms with E-state index in [9.17, 15) is 9.59 Å². The molecule has 0 atom stereocenters. The number of nitrogens with zero attached hydrogens (tertiary/aromatic N) is 1. The van der Waals surface area contributed by atoms with Crippen molar-refractivity contribution in [2.75, 3.05) is 6.61 Å². The highest BCUT2D eigenvalue weighted by Gasteiger charge is 2.18. The summed E-state index contributed by atoms with van der Waals surface area (Å²) < 4.78 is 5.09.